The number of ether oxygens (including phenoxy) is 1. The number of piperidine rings is 1. The van der Waals surface area contributed by atoms with Gasteiger partial charge in [0.25, 0.3) is 0 Å². The summed E-state index contributed by atoms with van der Waals surface area (Å²) in [4.78, 5) is 33.4. The zero-order chi connectivity index (χ0) is 21.3. The summed E-state index contributed by atoms with van der Waals surface area (Å²) in [5, 5.41) is 0. The zero-order valence-corrected chi connectivity index (χ0v) is 15.6. The van der Waals surface area contributed by atoms with E-state index in [1.807, 2.05) is 0 Å². The number of benzene rings is 1. The molecular weight excluding hydrogens is 405 g/mol. The Bertz CT molecular complexity index is 1120. The fourth-order valence-corrected chi connectivity index (χ4v) is 3.36. The standard InChI is InChI=1S/C19H17F3N4O4/c20-19(21,22)15-7-8-23-17(24-15)29-12-4-3-9-25(10-12)16(27)11-26-13-5-1-2-6-14(13)30-18(26)28/h1-2,5-8,12H,3-4,9-11H2. The number of aromatic nitrogens is 3. The molecule has 1 aliphatic rings. The number of hydrogen-bond acceptors (Lipinski definition) is 6. The first-order chi connectivity index (χ1) is 14.3. The van der Waals surface area contributed by atoms with Gasteiger partial charge in [-0.05, 0) is 31.0 Å². The lowest BCUT2D eigenvalue weighted by molar-refractivity contribution is -0.141. The molecule has 3 aromatic rings. The molecule has 0 aliphatic carbocycles. The first-order valence-corrected chi connectivity index (χ1v) is 9.24. The summed E-state index contributed by atoms with van der Waals surface area (Å²) in [5.41, 5.74) is -0.197. The SMILES string of the molecule is O=C(Cn1c(=O)oc2ccccc21)N1CCCC(Oc2nccc(C(F)(F)F)n2)C1. The lowest BCUT2D eigenvalue weighted by Gasteiger charge is -2.32. The number of alkyl halides is 3. The normalized spacial score (nSPS) is 17.3. The highest BCUT2D eigenvalue weighted by Crippen LogP contribution is 2.28. The van der Waals surface area contributed by atoms with E-state index in [2.05, 4.69) is 9.97 Å². The molecule has 1 saturated heterocycles. The van der Waals surface area contributed by atoms with Crippen LogP contribution in [-0.2, 0) is 17.5 Å². The number of oxazole rings is 1. The van der Waals surface area contributed by atoms with Gasteiger partial charge in [0.1, 0.15) is 12.6 Å². The van der Waals surface area contributed by atoms with Gasteiger partial charge in [0.15, 0.2) is 11.3 Å². The molecule has 1 aliphatic heterocycles. The Morgan fingerprint density at radius 2 is 2.07 bits per heavy atom. The molecule has 0 saturated carbocycles. The van der Waals surface area contributed by atoms with Crippen molar-refractivity contribution in [3.05, 3.63) is 52.8 Å². The number of fused-ring (bicyclic) bond motifs is 1. The summed E-state index contributed by atoms with van der Waals surface area (Å²) in [5.74, 6) is -0.950. The smallest absolute Gasteiger partial charge is 0.433 e. The molecule has 0 bridgehead atoms. The van der Waals surface area contributed by atoms with Crippen molar-refractivity contribution in [2.75, 3.05) is 13.1 Å². The molecule has 1 atom stereocenters. The summed E-state index contributed by atoms with van der Waals surface area (Å²) in [7, 11) is 0. The van der Waals surface area contributed by atoms with Gasteiger partial charge in [0, 0.05) is 12.7 Å². The van der Waals surface area contributed by atoms with E-state index in [1.54, 1.807) is 24.3 Å². The number of carbonyl (C=O) groups excluding carboxylic acids is 1. The molecule has 8 nitrogen and oxygen atoms in total. The average Bonchev–Trinajstić information content (AvgIpc) is 3.03. The van der Waals surface area contributed by atoms with Crippen LogP contribution in [0, 0.1) is 0 Å². The zero-order valence-electron chi connectivity index (χ0n) is 15.6. The van der Waals surface area contributed by atoms with Crippen LogP contribution in [0.4, 0.5) is 13.2 Å². The predicted octanol–water partition coefficient (Wildman–Crippen LogP) is 2.47. The number of para-hydroxylation sites is 2. The van der Waals surface area contributed by atoms with Crippen molar-refractivity contribution in [1.82, 2.24) is 19.4 Å². The number of carbonyl (C=O) groups is 1. The molecule has 158 valence electrons. The van der Waals surface area contributed by atoms with Gasteiger partial charge in [0.2, 0.25) is 5.91 Å². The highest BCUT2D eigenvalue weighted by atomic mass is 19.4. The molecule has 1 aromatic carbocycles. The Kier molecular flexibility index (Phi) is 5.18. The maximum Gasteiger partial charge on any atom is 0.433 e. The summed E-state index contributed by atoms with van der Waals surface area (Å²) in [6, 6.07) is 7.15. The summed E-state index contributed by atoms with van der Waals surface area (Å²) >= 11 is 0. The molecular formula is C19H17F3N4O4. The number of likely N-dealkylation sites (tertiary alicyclic amines) is 1. The van der Waals surface area contributed by atoms with Crippen LogP contribution in [0.1, 0.15) is 18.5 Å². The van der Waals surface area contributed by atoms with Crippen LogP contribution in [0.3, 0.4) is 0 Å². The van der Waals surface area contributed by atoms with Crippen molar-refractivity contribution in [2.24, 2.45) is 0 Å². The van der Waals surface area contributed by atoms with Crippen molar-refractivity contribution in [2.45, 2.75) is 31.7 Å². The van der Waals surface area contributed by atoms with Gasteiger partial charge in [-0.2, -0.15) is 18.2 Å². The Labute approximate surface area is 167 Å². The molecule has 1 unspecified atom stereocenters. The first kappa shape index (κ1) is 19.9. The van der Waals surface area contributed by atoms with Gasteiger partial charge < -0.3 is 14.1 Å². The van der Waals surface area contributed by atoms with Crippen LogP contribution in [-0.4, -0.2) is 44.5 Å². The quantitative estimate of drug-likeness (QED) is 0.642. The monoisotopic (exact) mass is 422 g/mol. The van der Waals surface area contributed by atoms with E-state index in [0.717, 1.165) is 12.3 Å². The molecule has 4 rings (SSSR count). The molecule has 3 heterocycles. The topological polar surface area (TPSA) is 90.5 Å². The van der Waals surface area contributed by atoms with Gasteiger partial charge >= 0.3 is 17.9 Å². The average molecular weight is 422 g/mol. The van der Waals surface area contributed by atoms with E-state index in [9.17, 15) is 22.8 Å². The summed E-state index contributed by atoms with van der Waals surface area (Å²) in [6.07, 6.45) is -3.04. The van der Waals surface area contributed by atoms with Crippen LogP contribution in [0.25, 0.3) is 11.1 Å². The second-order valence-electron chi connectivity index (χ2n) is 6.87. The Morgan fingerprint density at radius 1 is 1.27 bits per heavy atom. The Hall–Kier alpha value is -3.37. The lowest BCUT2D eigenvalue weighted by atomic mass is 10.1. The largest absolute Gasteiger partial charge is 0.458 e. The van der Waals surface area contributed by atoms with Gasteiger partial charge in [-0.1, -0.05) is 12.1 Å². The van der Waals surface area contributed by atoms with Crippen LogP contribution >= 0.6 is 0 Å². The second kappa shape index (κ2) is 7.81. The third-order valence-electron chi connectivity index (χ3n) is 4.79. The molecule has 2 aromatic heterocycles. The number of rotatable bonds is 4. The van der Waals surface area contributed by atoms with Crippen molar-refractivity contribution < 1.29 is 27.1 Å². The molecule has 1 fully saturated rings. The van der Waals surface area contributed by atoms with Gasteiger partial charge in [-0.3, -0.25) is 9.36 Å². The van der Waals surface area contributed by atoms with Crippen LogP contribution in [0.5, 0.6) is 6.01 Å². The number of hydrogen-bond donors (Lipinski definition) is 0. The number of amides is 1. The van der Waals surface area contributed by atoms with Crippen molar-refractivity contribution in [3.63, 3.8) is 0 Å². The van der Waals surface area contributed by atoms with Gasteiger partial charge in [0.05, 0.1) is 12.1 Å². The minimum Gasteiger partial charge on any atom is -0.458 e. The minimum atomic E-state index is -4.60. The van der Waals surface area contributed by atoms with E-state index in [4.69, 9.17) is 9.15 Å². The molecule has 1 amide bonds. The molecule has 11 heteroatoms. The third kappa shape index (κ3) is 4.14. The lowest BCUT2D eigenvalue weighted by Crippen LogP contribution is -2.46. The van der Waals surface area contributed by atoms with E-state index in [0.29, 0.717) is 30.5 Å². The summed E-state index contributed by atoms with van der Waals surface area (Å²) < 4.78 is 50.3. The second-order valence-corrected chi connectivity index (χ2v) is 6.87. The van der Waals surface area contributed by atoms with Crippen molar-refractivity contribution >= 4 is 17.0 Å². The van der Waals surface area contributed by atoms with Crippen LogP contribution in [0.2, 0.25) is 0 Å². The maximum absolute atomic E-state index is 12.8. The highest BCUT2D eigenvalue weighted by Gasteiger charge is 2.33. The Morgan fingerprint density at radius 3 is 2.87 bits per heavy atom. The molecule has 0 spiro atoms. The van der Waals surface area contributed by atoms with Crippen molar-refractivity contribution in [1.29, 1.82) is 0 Å². The molecule has 30 heavy (non-hydrogen) atoms. The van der Waals surface area contributed by atoms with E-state index in [1.165, 1.54) is 9.47 Å². The fraction of sp³-hybridized carbons (Fsp3) is 0.368. The minimum absolute atomic E-state index is 0.156. The predicted molar refractivity (Wildman–Crippen MR) is 97.7 cm³/mol. The van der Waals surface area contributed by atoms with E-state index >= 15 is 0 Å². The maximum atomic E-state index is 12.8. The third-order valence-corrected chi connectivity index (χ3v) is 4.79. The van der Waals surface area contributed by atoms with Crippen LogP contribution < -0.4 is 10.5 Å². The Balaban J connectivity index is 1.44. The van der Waals surface area contributed by atoms with E-state index < -0.39 is 23.7 Å². The van der Waals surface area contributed by atoms with E-state index in [-0.39, 0.29) is 25.0 Å². The number of nitrogens with zero attached hydrogens (tertiary/aromatic N) is 4. The van der Waals surface area contributed by atoms with Gasteiger partial charge in [-0.25, -0.2) is 9.78 Å². The fourth-order valence-electron chi connectivity index (χ4n) is 3.36. The summed E-state index contributed by atoms with van der Waals surface area (Å²) in [6.45, 7) is 0.401. The van der Waals surface area contributed by atoms with Gasteiger partial charge in [-0.15, -0.1) is 0 Å². The van der Waals surface area contributed by atoms with Crippen LogP contribution in [0.15, 0.2) is 45.7 Å². The molecule has 0 N–H and O–H groups in total. The van der Waals surface area contributed by atoms with Crippen molar-refractivity contribution in [3.8, 4) is 6.01 Å². The molecule has 0 radical (unpaired) electrons. The first-order valence-electron chi connectivity index (χ1n) is 9.24. The highest BCUT2D eigenvalue weighted by molar-refractivity contribution is 5.79. The number of halogens is 3.